The maximum Gasteiger partial charge on any atom is 0.110 e. The van der Waals surface area contributed by atoms with Gasteiger partial charge in [-0.1, -0.05) is 23.7 Å². The van der Waals surface area contributed by atoms with Crippen LogP contribution in [0, 0.1) is 6.92 Å². The maximum absolute atomic E-state index is 5.97. The summed E-state index contributed by atoms with van der Waals surface area (Å²) in [5.74, 6) is 0. The zero-order valence-electron chi connectivity index (χ0n) is 12.9. The van der Waals surface area contributed by atoms with E-state index in [1.807, 2.05) is 24.3 Å². The van der Waals surface area contributed by atoms with Crippen molar-refractivity contribution < 1.29 is 4.74 Å². The van der Waals surface area contributed by atoms with Gasteiger partial charge >= 0.3 is 0 Å². The fourth-order valence-electron chi connectivity index (χ4n) is 2.77. The molecule has 1 atom stereocenters. The molecule has 0 bridgehead atoms. The van der Waals surface area contributed by atoms with Crippen LogP contribution >= 0.6 is 22.9 Å². The molecule has 2 aromatic rings. The van der Waals surface area contributed by atoms with Gasteiger partial charge in [0.1, 0.15) is 5.01 Å². The molecule has 0 amide bonds. The summed E-state index contributed by atoms with van der Waals surface area (Å²) in [6, 6.07) is 8.70. The van der Waals surface area contributed by atoms with Crippen LogP contribution in [0.4, 0.5) is 0 Å². The van der Waals surface area contributed by atoms with Crippen molar-refractivity contribution in [1.82, 2.24) is 10.3 Å². The van der Waals surface area contributed by atoms with Gasteiger partial charge in [-0.2, -0.15) is 0 Å². The lowest BCUT2D eigenvalue weighted by Gasteiger charge is -2.25. The number of rotatable bonds is 4. The van der Waals surface area contributed by atoms with Crippen LogP contribution in [0.1, 0.15) is 35.7 Å². The summed E-state index contributed by atoms with van der Waals surface area (Å²) in [6.07, 6.45) is 2.16. The first kappa shape index (κ1) is 15.9. The SMILES string of the molecule is Cc1sc([C@H](C)NC2CCOCC2)nc1-c1ccc(Cl)cc1. The van der Waals surface area contributed by atoms with E-state index < -0.39 is 0 Å². The van der Waals surface area contributed by atoms with E-state index in [-0.39, 0.29) is 6.04 Å². The van der Waals surface area contributed by atoms with Gasteiger partial charge in [0.05, 0.1) is 11.7 Å². The first-order chi connectivity index (χ1) is 10.6. The molecule has 1 N–H and O–H groups in total. The van der Waals surface area contributed by atoms with Crippen molar-refractivity contribution in [3.63, 3.8) is 0 Å². The molecule has 0 aliphatic carbocycles. The zero-order valence-corrected chi connectivity index (χ0v) is 14.5. The number of halogens is 1. The van der Waals surface area contributed by atoms with E-state index in [1.165, 1.54) is 4.88 Å². The molecule has 2 heterocycles. The van der Waals surface area contributed by atoms with E-state index in [2.05, 4.69) is 19.2 Å². The standard InChI is InChI=1S/C17H21ClN2OS/c1-11(19-15-7-9-21-10-8-15)17-20-16(12(2)22-17)13-3-5-14(18)6-4-13/h3-6,11,15,19H,7-10H2,1-2H3/t11-/m0/s1. The molecule has 1 aromatic carbocycles. The van der Waals surface area contributed by atoms with Crippen molar-refractivity contribution >= 4 is 22.9 Å². The summed E-state index contributed by atoms with van der Waals surface area (Å²) in [4.78, 5) is 6.10. The highest BCUT2D eigenvalue weighted by Crippen LogP contribution is 2.31. The Morgan fingerprint density at radius 2 is 1.95 bits per heavy atom. The third-order valence-electron chi connectivity index (χ3n) is 4.01. The molecule has 1 aliphatic heterocycles. The third-order valence-corrected chi connectivity index (χ3v) is 5.41. The summed E-state index contributed by atoms with van der Waals surface area (Å²) in [7, 11) is 0. The second kappa shape index (κ2) is 7.09. The predicted molar refractivity (Wildman–Crippen MR) is 92.7 cm³/mol. The summed E-state index contributed by atoms with van der Waals surface area (Å²) in [6.45, 7) is 6.04. The maximum atomic E-state index is 5.97. The van der Waals surface area contributed by atoms with Gasteiger partial charge in [0.15, 0.2) is 0 Å². The van der Waals surface area contributed by atoms with Crippen LogP contribution in [0.15, 0.2) is 24.3 Å². The van der Waals surface area contributed by atoms with E-state index in [0.717, 1.165) is 47.3 Å². The van der Waals surface area contributed by atoms with Crippen molar-refractivity contribution in [1.29, 1.82) is 0 Å². The predicted octanol–water partition coefficient (Wildman–Crippen LogP) is 4.60. The summed E-state index contributed by atoms with van der Waals surface area (Å²) in [5.41, 5.74) is 2.19. The average Bonchev–Trinajstić information content (AvgIpc) is 2.91. The molecule has 1 saturated heterocycles. The number of thiazole rings is 1. The van der Waals surface area contributed by atoms with Crippen molar-refractivity contribution in [3.05, 3.63) is 39.2 Å². The van der Waals surface area contributed by atoms with Crippen LogP contribution in [0.2, 0.25) is 5.02 Å². The van der Waals surface area contributed by atoms with Gasteiger partial charge in [-0.25, -0.2) is 4.98 Å². The second-order valence-electron chi connectivity index (χ2n) is 5.74. The van der Waals surface area contributed by atoms with Gasteiger partial charge < -0.3 is 10.1 Å². The van der Waals surface area contributed by atoms with Crippen LogP contribution in [0.3, 0.4) is 0 Å². The lowest BCUT2D eigenvalue weighted by atomic mass is 10.1. The zero-order chi connectivity index (χ0) is 15.5. The van der Waals surface area contributed by atoms with Crippen LogP contribution in [-0.2, 0) is 4.74 Å². The minimum atomic E-state index is 0.271. The van der Waals surface area contributed by atoms with Gasteiger partial charge in [-0.05, 0) is 38.8 Å². The topological polar surface area (TPSA) is 34.1 Å². The Bertz CT molecular complexity index is 620. The Balaban J connectivity index is 1.74. The van der Waals surface area contributed by atoms with Gasteiger partial charge in [0, 0.05) is 34.7 Å². The second-order valence-corrected chi connectivity index (χ2v) is 7.41. The molecular weight excluding hydrogens is 316 g/mol. The van der Waals surface area contributed by atoms with Crippen LogP contribution in [0.5, 0.6) is 0 Å². The quantitative estimate of drug-likeness (QED) is 0.885. The Morgan fingerprint density at radius 1 is 1.27 bits per heavy atom. The smallest absolute Gasteiger partial charge is 0.110 e. The van der Waals surface area contributed by atoms with Crippen molar-refractivity contribution in [2.24, 2.45) is 0 Å². The van der Waals surface area contributed by atoms with E-state index in [9.17, 15) is 0 Å². The van der Waals surface area contributed by atoms with Crippen LogP contribution in [0.25, 0.3) is 11.3 Å². The minimum Gasteiger partial charge on any atom is -0.381 e. The number of aryl methyl sites for hydroxylation is 1. The fourth-order valence-corrected chi connectivity index (χ4v) is 3.85. The highest BCUT2D eigenvalue weighted by Gasteiger charge is 2.20. The van der Waals surface area contributed by atoms with Crippen molar-refractivity contribution in [2.75, 3.05) is 13.2 Å². The van der Waals surface area contributed by atoms with Crippen LogP contribution < -0.4 is 5.32 Å². The molecule has 1 aliphatic rings. The molecule has 0 saturated carbocycles. The van der Waals surface area contributed by atoms with E-state index in [0.29, 0.717) is 6.04 Å². The lowest BCUT2D eigenvalue weighted by Crippen LogP contribution is -2.36. The molecule has 1 fully saturated rings. The third kappa shape index (κ3) is 3.69. The van der Waals surface area contributed by atoms with Crippen molar-refractivity contribution in [3.8, 4) is 11.3 Å². The molecule has 118 valence electrons. The van der Waals surface area contributed by atoms with E-state index in [4.69, 9.17) is 21.3 Å². The fraction of sp³-hybridized carbons (Fsp3) is 0.471. The van der Waals surface area contributed by atoms with Gasteiger partial charge in [0.2, 0.25) is 0 Å². The first-order valence-corrected chi connectivity index (χ1v) is 8.90. The summed E-state index contributed by atoms with van der Waals surface area (Å²) < 4.78 is 5.41. The van der Waals surface area contributed by atoms with Gasteiger partial charge in [0.25, 0.3) is 0 Å². The molecule has 0 unspecified atom stereocenters. The number of hydrogen-bond donors (Lipinski definition) is 1. The highest BCUT2D eigenvalue weighted by atomic mass is 35.5. The highest BCUT2D eigenvalue weighted by molar-refractivity contribution is 7.12. The van der Waals surface area contributed by atoms with Crippen LogP contribution in [-0.4, -0.2) is 24.2 Å². The molecule has 22 heavy (non-hydrogen) atoms. The van der Waals surface area contributed by atoms with Crippen molar-refractivity contribution in [2.45, 2.75) is 38.8 Å². The average molecular weight is 337 g/mol. The Hall–Kier alpha value is -0.940. The minimum absolute atomic E-state index is 0.271. The Labute approximate surface area is 140 Å². The molecule has 5 heteroatoms. The summed E-state index contributed by atoms with van der Waals surface area (Å²) >= 11 is 7.74. The lowest BCUT2D eigenvalue weighted by molar-refractivity contribution is 0.0754. The molecule has 3 rings (SSSR count). The number of nitrogens with zero attached hydrogens (tertiary/aromatic N) is 1. The first-order valence-electron chi connectivity index (χ1n) is 7.70. The number of aromatic nitrogens is 1. The van der Waals surface area contributed by atoms with Gasteiger partial charge in [-0.3, -0.25) is 0 Å². The Kier molecular flexibility index (Phi) is 5.14. The van der Waals surface area contributed by atoms with E-state index >= 15 is 0 Å². The number of hydrogen-bond acceptors (Lipinski definition) is 4. The van der Waals surface area contributed by atoms with Gasteiger partial charge in [-0.15, -0.1) is 11.3 Å². The normalized spacial score (nSPS) is 17.6. The van der Waals surface area contributed by atoms with E-state index in [1.54, 1.807) is 11.3 Å². The Morgan fingerprint density at radius 3 is 2.64 bits per heavy atom. The molecular formula is C17H21ClN2OS. The largest absolute Gasteiger partial charge is 0.381 e. The molecule has 3 nitrogen and oxygen atoms in total. The number of ether oxygens (including phenoxy) is 1. The summed E-state index contributed by atoms with van der Waals surface area (Å²) in [5, 5.41) is 5.59. The number of nitrogens with one attached hydrogen (secondary N) is 1. The molecule has 0 spiro atoms. The molecule has 0 radical (unpaired) electrons. The number of benzene rings is 1. The molecule has 1 aromatic heterocycles. The monoisotopic (exact) mass is 336 g/mol.